The molecule has 0 aliphatic rings. The topological polar surface area (TPSA) is 69.3 Å². The molecule has 2 aromatic heterocycles. The van der Waals surface area contributed by atoms with Crippen molar-refractivity contribution < 1.29 is 18.3 Å². The average Bonchev–Trinajstić information content (AvgIpc) is 3.35. The maximum atomic E-state index is 12.9. The minimum atomic E-state index is -0.396. The molecule has 7 heteroatoms. The molecule has 2 aromatic carbocycles. The minimum absolute atomic E-state index is 0.129. The van der Waals surface area contributed by atoms with Gasteiger partial charge in [0.15, 0.2) is 11.6 Å². The van der Waals surface area contributed by atoms with Crippen LogP contribution >= 0.6 is 0 Å². The number of furan rings is 1. The van der Waals surface area contributed by atoms with Gasteiger partial charge in [0.05, 0.1) is 6.54 Å². The second kappa shape index (κ2) is 8.65. The van der Waals surface area contributed by atoms with Crippen molar-refractivity contribution in [1.82, 2.24) is 9.78 Å². The Bertz CT molecular complexity index is 1130. The number of halogens is 1. The molecule has 0 fully saturated rings. The molecule has 0 spiro atoms. The van der Waals surface area contributed by atoms with E-state index >= 15 is 0 Å². The fourth-order valence-corrected chi connectivity index (χ4v) is 2.93. The van der Waals surface area contributed by atoms with Gasteiger partial charge < -0.3 is 14.5 Å². The number of rotatable bonds is 7. The van der Waals surface area contributed by atoms with Gasteiger partial charge in [0.1, 0.15) is 23.9 Å². The van der Waals surface area contributed by atoms with Gasteiger partial charge in [0.2, 0.25) is 0 Å². The molecular formula is C23H20FN3O3. The Labute approximate surface area is 172 Å². The fraction of sp³-hybridized carbons (Fsp3) is 0.130. The van der Waals surface area contributed by atoms with E-state index in [-0.39, 0.29) is 18.2 Å². The van der Waals surface area contributed by atoms with Crippen LogP contribution in [0.4, 0.5) is 10.2 Å². The highest BCUT2D eigenvalue weighted by molar-refractivity contribution is 6.01. The molecule has 1 amide bonds. The Morgan fingerprint density at radius 2 is 1.87 bits per heavy atom. The van der Waals surface area contributed by atoms with E-state index in [4.69, 9.17) is 9.15 Å². The van der Waals surface area contributed by atoms with Crippen LogP contribution in [-0.4, -0.2) is 15.7 Å². The number of amides is 1. The lowest BCUT2D eigenvalue weighted by Crippen LogP contribution is -2.12. The summed E-state index contributed by atoms with van der Waals surface area (Å²) in [5, 5.41) is 7.20. The van der Waals surface area contributed by atoms with Crippen LogP contribution in [0.25, 0.3) is 0 Å². The van der Waals surface area contributed by atoms with Crippen LogP contribution in [0, 0.1) is 12.7 Å². The van der Waals surface area contributed by atoms with Gasteiger partial charge in [-0.2, -0.15) is 5.10 Å². The minimum Gasteiger partial charge on any atom is -0.486 e. The van der Waals surface area contributed by atoms with Gasteiger partial charge in [-0.05, 0) is 48.9 Å². The number of anilines is 1. The van der Waals surface area contributed by atoms with Crippen LogP contribution in [0.2, 0.25) is 0 Å². The quantitative estimate of drug-likeness (QED) is 0.479. The second-order valence-electron chi connectivity index (χ2n) is 6.78. The maximum Gasteiger partial charge on any atom is 0.292 e. The van der Waals surface area contributed by atoms with Gasteiger partial charge in [-0.15, -0.1) is 0 Å². The highest BCUT2D eigenvalue weighted by atomic mass is 19.1. The Kier molecular flexibility index (Phi) is 5.61. The summed E-state index contributed by atoms with van der Waals surface area (Å²) in [5.41, 5.74) is 2.06. The zero-order valence-electron chi connectivity index (χ0n) is 16.3. The summed E-state index contributed by atoms with van der Waals surface area (Å²) in [6.07, 6.45) is 0. The summed E-state index contributed by atoms with van der Waals surface area (Å²) in [6.45, 7) is 2.68. The number of hydrogen-bond donors (Lipinski definition) is 1. The lowest BCUT2D eigenvalue weighted by molar-refractivity contribution is 0.0992. The van der Waals surface area contributed by atoms with Crippen molar-refractivity contribution in [2.45, 2.75) is 20.1 Å². The van der Waals surface area contributed by atoms with E-state index in [2.05, 4.69) is 10.4 Å². The zero-order chi connectivity index (χ0) is 20.9. The molecule has 6 nitrogen and oxygen atoms in total. The van der Waals surface area contributed by atoms with Crippen molar-refractivity contribution in [3.63, 3.8) is 0 Å². The molecule has 0 saturated heterocycles. The van der Waals surface area contributed by atoms with Crippen LogP contribution in [0.15, 0.2) is 77.2 Å². The zero-order valence-corrected chi connectivity index (χ0v) is 16.3. The monoisotopic (exact) mass is 405 g/mol. The summed E-state index contributed by atoms with van der Waals surface area (Å²) in [6, 6.07) is 20.7. The van der Waals surface area contributed by atoms with E-state index in [1.54, 1.807) is 12.1 Å². The lowest BCUT2D eigenvalue weighted by atomic mass is 10.2. The van der Waals surface area contributed by atoms with Crippen molar-refractivity contribution in [2.75, 3.05) is 5.32 Å². The largest absolute Gasteiger partial charge is 0.486 e. The van der Waals surface area contributed by atoms with Crippen molar-refractivity contribution in [1.29, 1.82) is 0 Å². The van der Waals surface area contributed by atoms with E-state index in [1.807, 2.05) is 48.0 Å². The van der Waals surface area contributed by atoms with Crippen molar-refractivity contribution in [3.8, 4) is 5.75 Å². The van der Waals surface area contributed by atoms with Crippen molar-refractivity contribution >= 4 is 11.7 Å². The first-order valence-electron chi connectivity index (χ1n) is 9.43. The predicted molar refractivity (Wildman–Crippen MR) is 110 cm³/mol. The second-order valence-corrected chi connectivity index (χ2v) is 6.78. The van der Waals surface area contributed by atoms with Gasteiger partial charge in [-0.25, -0.2) is 4.39 Å². The van der Waals surface area contributed by atoms with Crippen LogP contribution in [0.3, 0.4) is 0 Å². The number of hydrogen-bond acceptors (Lipinski definition) is 4. The number of ether oxygens (including phenoxy) is 1. The molecule has 0 saturated carbocycles. The average molecular weight is 405 g/mol. The number of carbonyl (C=O) groups is 1. The Hall–Kier alpha value is -3.87. The Morgan fingerprint density at radius 1 is 1.10 bits per heavy atom. The third-order valence-electron chi connectivity index (χ3n) is 4.48. The molecule has 4 rings (SSSR count). The predicted octanol–water partition coefficient (Wildman–Crippen LogP) is 4.80. The van der Waals surface area contributed by atoms with Gasteiger partial charge >= 0.3 is 0 Å². The first kappa shape index (κ1) is 19.4. The van der Waals surface area contributed by atoms with E-state index in [0.29, 0.717) is 23.9 Å². The van der Waals surface area contributed by atoms with Gasteiger partial charge in [-0.3, -0.25) is 9.48 Å². The van der Waals surface area contributed by atoms with Crippen LogP contribution < -0.4 is 10.1 Å². The summed E-state index contributed by atoms with van der Waals surface area (Å²) in [4.78, 5) is 12.5. The van der Waals surface area contributed by atoms with E-state index in [1.165, 1.54) is 24.3 Å². The van der Waals surface area contributed by atoms with Crippen molar-refractivity contribution in [2.24, 2.45) is 0 Å². The maximum absolute atomic E-state index is 12.9. The van der Waals surface area contributed by atoms with Crippen LogP contribution in [-0.2, 0) is 13.2 Å². The molecule has 152 valence electrons. The first-order chi connectivity index (χ1) is 14.6. The van der Waals surface area contributed by atoms with E-state index < -0.39 is 5.91 Å². The lowest BCUT2D eigenvalue weighted by Gasteiger charge is -2.04. The van der Waals surface area contributed by atoms with Crippen LogP contribution in [0.1, 0.15) is 27.6 Å². The summed E-state index contributed by atoms with van der Waals surface area (Å²) >= 11 is 0. The molecule has 0 bridgehead atoms. The molecule has 0 atom stereocenters. The number of aromatic nitrogens is 2. The Morgan fingerprint density at radius 3 is 2.63 bits per heavy atom. The summed E-state index contributed by atoms with van der Waals surface area (Å²) in [7, 11) is 0. The standard InChI is InChI=1S/C23H20FN3O3/c1-16-13-22(26-27(16)14-17-5-3-2-4-6-17)25-23(28)21-12-11-20(30-21)15-29-19-9-7-18(24)8-10-19/h2-13H,14-15H2,1H3,(H,25,26,28). The highest BCUT2D eigenvalue weighted by Gasteiger charge is 2.14. The smallest absolute Gasteiger partial charge is 0.292 e. The van der Waals surface area contributed by atoms with Gasteiger partial charge in [-0.1, -0.05) is 30.3 Å². The number of nitrogens with one attached hydrogen (secondary N) is 1. The summed E-state index contributed by atoms with van der Waals surface area (Å²) in [5.74, 6) is 0.874. The number of benzene rings is 2. The molecule has 0 radical (unpaired) electrons. The SMILES string of the molecule is Cc1cc(NC(=O)c2ccc(COc3ccc(F)cc3)o2)nn1Cc1ccccc1. The first-order valence-corrected chi connectivity index (χ1v) is 9.43. The number of nitrogens with zero attached hydrogens (tertiary/aromatic N) is 2. The Balaban J connectivity index is 1.36. The third-order valence-corrected chi connectivity index (χ3v) is 4.48. The van der Waals surface area contributed by atoms with Gasteiger partial charge in [0, 0.05) is 11.8 Å². The summed E-state index contributed by atoms with van der Waals surface area (Å²) < 4.78 is 25.8. The molecule has 0 unspecified atom stereocenters. The molecule has 30 heavy (non-hydrogen) atoms. The van der Waals surface area contributed by atoms with Crippen LogP contribution in [0.5, 0.6) is 5.75 Å². The molecule has 0 aliphatic carbocycles. The van der Waals surface area contributed by atoms with E-state index in [0.717, 1.165) is 11.3 Å². The molecule has 2 heterocycles. The molecule has 0 aliphatic heterocycles. The fourth-order valence-electron chi connectivity index (χ4n) is 2.93. The molecular weight excluding hydrogens is 385 g/mol. The van der Waals surface area contributed by atoms with Crippen molar-refractivity contribution in [3.05, 3.63) is 101 Å². The highest BCUT2D eigenvalue weighted by Crippen LogP contribution is 2.17. The molecule has 1 N–H and O–H groups in total. The van der Waals surface area contributed by atoms with E-state index in [9.17, 15) is 9.18 Å². The molecule has 4 aromatic rings. The number of aryl methyl sites for hydroxylation is 1. The third kappa shape index (κ3) is 4.75. The number of carbonyl (C=O) groups excluding carboxylic acids is 1. The van der Waals surface area contributed by atoms with Gasteiger partial charge in [0.25, 0.3) is 5.91 Å². The normalized spacial score (nSPS) is 10.7.